The van der Waals surface area contributed by atoms with E-state index in [0.29, 0.717) is 28.8 Å². The molecule has 144 valence electrons. The molecule has 0 radical (unpaired) electrons. The fourth-order valence-corrected chi connectivity index (χ4v) is 3.27. The Morgan fingerprint density at radius 2 is 2.15 bits per heavy atom. The summed E-state index contributed by atoms with van der Waals surface area (Å²) in [6, 6.07) is 12.7. The van der Waals surface area contributed by atoms with Gasteiger partial charge in [0.25, 0.3) is 0 Å². The Bertz CT molecular complexity index is 780. The van der Waals surface area contributed by atoms with E-state index in [0.717, 1.165) is 23.9 Å². The van der Waals surface area contributed by atoms with Gasteiger partial charge in [-0.25, -0.2) is 0 Å². The Labute approximate surface area is 172 Å². The van der Waals surface area contributed by atoms with Crippen LogP contribution in [0.15, 0.2) is 46.9 Å². The predicted molar refractivity (Wildman–Crippen MR) is 109 cm³/mol. The van der Waals surface area contributed by atoms with Crippen LogP contribution in [0.5, 0.6) is 11.5 Å². The van der Waals surface area contributed by atoms with Crippen LogP contribution in [-0.4, -0.2) is 31.8 Å². The summed E-state index contributed by atoms with van der Waals surface area (Å²) in [5.41, 5.74) is 0.549. The van der Waals surface area contributed by atoms with E-state index < -0.39 is 0 Å². The molecule has 0 aromatic heterocycles. The van der Waals surface area contributed by atoms with Crippen molar-refractivity contribution in [1.82, 2.24) is 0 Å². The lowest BCUT2D eigenvalue weighted by Gasteiger charge is -2.15. The molecule has 2 aromatic rings. The first-order valence-electron chi connectivity index (χ1n) is 8.82. The van der Waals surface area contributed by atoms with Crippen LogP contribution in [0.2, 0.25) is 5.02 Å². The van der Waals surface area contributed by atoms with Crippen molar-refractivity contribution in [3.8, 4) is 11.5 Å². The minimum Gasteiger partial charge on any atom is -0.493 e. The van der Waals surface area contributed by atoms with Crippen LogP contribution in [0.1, 0.15) is 19.3 Å². The first-order valence-corrected chi connectivity index (χ1v) is 9.99. The van der Waals surface area contributed by atoms with E-state index in [9.17, 15) is 4.79 Å². The molecule has 0 bridgehead atoms. The first-order chi connectivity index (χ1) is 13.1. The molecule has 0 saturated carbocycles. The third-order valence-electron chi connectivity index (χ3n) is 4.06. The average molecular weight is 455 g/mol. The van der Waals surface area contributed by atoms with Gasteiger partial charge in [-0.2, -0.15) is 0 Å². The standard InChI is InChI=1S/C20H21BrClNO4/c21-14-3-1-4-16(11-14)26-10-8-20(24)23-18-12-15(22)6-7-19(18)27-13-17-5-2-9-25-17/h1,3-4,6-7,11-12,17H,2,5,8-10,13H2,(H,23,24). The van der Waals surface area contributed by atoms with Gasteiger partial charge >= 0.3 is 0 Å². The van der Waals surface area contributed by atoms with Gasteiger partial charge in [-0.05, 0) is 49.2 Å². The molecule has 1 unspecified atom stereocenters. The lowest BCUT2D eigenvalue weighted by atomic mass is 10.2. The topological polar surface area (TPSA) is 56.8 Å². The third-order valence-corrected chi connectivity index (χ3v) is 4.79. The van der Waals surface area contributed by atoms with E-state index in [-0.39, 0.29) is 25.0 Å². The molecule has 1 N–H and O–H groups in total. The van der Waals surface area contributed by atoms with Crippen LogP contribution in [0.3, 0.4) is 0 Å². The van der Waals surface area contributed by atoms with E-state index in [1.807, 2.05) is 24.3 Å². The van der Waals surface area contributed by atoms with Crippen molar-refractivity contribution in [2.45, 2.75) is 25.4 Å². The highest BCUT2D eigenvalue weighted by atomic mass is 79.9. The predicted octanol–water partition coefficient (Wildman–Crippen LogP) is 5.07. The van der Waals surface area contributed by atoms with Gasteiger partial charge in [0.1, 0.15) is 18.1 Å². The van der Waals surface area contributed by atoms with Gasteiger partial charge in [0, 0.05) is 16.1 Å². The Morgan fingerprint density at radius 1 is 1.26 bits per heavy atom. The molecule has 1 aliphatic rings. The molecule has 0 spiro atoms. The van der Waals surface area contributed by atoms with Gasteiger partial charge < -0.3 is 19.5 Å². The van der Waals surface area contributed by atoms with Crippen molar-refractivity contribution in [2.24, 2.45) is 0 Å². The van der Waals surface area contributed by atoms with Gasteiger partial charge in [-0.3, -0.25) is 4.79 Å². The van der Waals surface area contributed by atoms with Crippen molar-refractivity contribution >= 4 is 39.1 Å². The van der Waals surface area contributed by atoms with Gasteiger partial charge in [0.15, 0.2) is 0 Å². The number of hydrogen-bond donors (Lipinski definition) is 1. The molecule has 0 aliphatic carbocycles. The second kappa shape index (κ2) is 9.97. The minimum absolute atomic E-state index is 0.0998. The molecule has 1 heterocycles. The zero-order valence-electron chi connectivity index (χ0n) is 14.8. The zero-order valence-corrected chi connectivity index (χ0v) is 17.1. The lowest BCUT2D eigenvalue weighted by Crippen LogP contribution is -2.19. The third kappa shape index (κ3) is 6.41. The molecule has 5 nitrogen and oxygen atoms in total. The molecule has 1 atom stereocenters. The maximum absolute atomic E-state index is 12.3. The number of benzene rings is 2. The molecular weight excluding hydrogens is 434 g/mol. The smallest absolute Gasteiger partial charge is 0.227 e. The van der Waals surface area contributed by atoms with Crippen LogP contribution in [0, 0.1) is 0 Å². The number of halogens is 2. The summed E-state index contributed by atoms with van der Waals surface area (Å²) in [4.78, 5) is 12.3. The van der Waals surface area contributed by atoms with Crippen LogP contribution in [-0.2, 0) is 9.53 Å². The fourth-order valence-electron chi connectivity index (χ4n) is 2.72. The van der Waals surface area contributed by atoms with Gasteiger partial charge in [-0.1, -0.05) is 33.6 Å². The molecular formula is C20H21BrClNO4. The summed E-state index contributed by atoms with van der Waals surface area (Å²) >= 11 is 9.45. The number of hydrogen-bond acceptors (Lipinski definition) is 4. The second-order valence-electron chi connectivity index (χ2n) is 6.19. The van der Waals surface area contributed by atoms with E-state index in [1.165, 1.54) is 0 Å². The van der Waals surface area contributed by atoms with Gasteiger partial charge in [0.05, 0.1) is 24.8 Å². The molecule has 27 heavy (non-hydrogen) atoms. The van der Waals surface area contributed by atoms with E-state index in [4.69, 9.17) is 25.8 Å². The maximum atomic E-state index is 12.3. The number of amides is 1. The van der Waals surface area contributed by atoms with Gasteiger partial charge in [-0.15, -0.1) is 0 Å². The van der Waals surface area contributed by atoms with Crippen LogP contribution in [0.25, 0.3) is 0 Å². The SMILES string of the molecule is O=C(CCOc1cccc(Br)c1)Nc1cc(Cl)ccc1OCC1CCCO1. The molecule has 7 heteroatoms. The van der Waals surface area contributed by atoms with Crippen LogP contribution >= 0.6 is 27.5 Å². The summed E-state index contributed by atoms with van der Waals surface area (Å²) in [5.74, 6) is 1.12. The highest BCUT2D eigenvalue weighted by Crippen LogP contribution is 2.29. The summed E-state index contributed by atoms with van der Waals surface area (Å²) in [5, 5.41) is 3.37. The molecule has 1 fully saturated rings. The fraction of sp³-hybridized carbons (Fsp3) is 0.350. The van der Waals surface area contributed by atoms with Crippen molar-refractivity contribution in [3.05, 3.63) is 52.0 Å². The van der Waals surface area contributed by atoms with Crippen LogP contribution < -0.4 is 14.8 Å². The van der Waals surface area contributed by atoms with E-state index in [1.54, 1.807) is 18.2 Å². The number of carbonyl (C=O) groups excluding carboxylic acids is 1. The highest BCUT2D eigenvalue weighted by Gasteiger charge is 2.17. The molecule has 1 aliphatic heterocycles. The largest absolute Gasteiger partial charge is 0.493 e. The lowest BCUT2D eigenvalue weighted by molar-refractivity contribution is -0.116. The summed E-state index contributed by atoms with van der Waals surface area (Å²) in [6.07, 6.45) is 2.35. The van der Waals surface area contributed by atoms with E-state index >= 15 is 0 Å². The number of nitrogens with one attached hydrogen (secondary N) is 1. The Kier molecular flexibility index (Phi) is 7.38. The average Bonchev–Trinajstić information content (AvgIpc) is 3.15. The summed E-state index contributed by atoms with van der Waals surface area (Å²) in [6.45, 7) is 1.50. The monoisotopic (exact) mass is 453 g/mol. The number of rotatable bonds is 8. The summed E-state index contributed by atoms with van der Waals surface area (Å²) in [7, 11) is 0. The van der Waals surface area contributed by atoms with Crippen molar-refractivity contribution in [3.63, 3.8) is 0 Å². The quantitative estimate of drug-likeness (QED) is 0.605. The normalized spacial score (nSPS) is 16.1. The second-order valence-corrected chi connectivity index (χ2v) is 7.54. The Balaban J connectivity index is 1.52. The minimum atomic E-state index is -0.172. The van der Waals surface area contributed by atoms with Crippen molar-refractivity contribution in [2.75, 3.05) is 25.1 Å². The summed E-state index contributed by atoms with van der Waals surface area (Å²) < 4.78 is 17.9. The zero-order chi connectivity index (χ0) is 19.1. The van der Waals surface area contributed by atoms with Crippen molar-refractivity contribution in [1.29, 1.82) is 0 Å². The Hall–Kier alpha value is -1.76. The number of carbonyl (C=O) groups is 1. The first kappa shape index (κ1) is 20.0. The number of anilines is 1. The number of ether oxygens (including phenoxy) is 3. The molecule has 3 rings (SSSR count). The van der Waals surface area contributed by atoms with E-state index in [2.05, 4.69) is 21.2 Å². The highest BCUT2D eigenvalue weighted by molar-refractivity contribution is 9.10. The molecule has 1 saturated heterocycles. The molecule has 1 amide bonds. The molecule has 2 aromatic carbocycles. The Morgan fingerprint density at radius 3 is 2.93 bits per heavy atom. The van der Waals surface area contributed by atoms with Crippen molar-refractivity contribution < 1.29 is 19.0 Å². The van der Waals surface area contributed by atoms with Crippen LogP contribution in [0.4, 0.5) is 5.69 Å². The van der Waals surface area contributed by atoms with Gasteiger partial charge in [0.2, 0.25) is 5.91 Å². The maximum Gasteiger partial charge on any atom is 0.227 e.